The molecule has 2 bridgehead atoms. The molecular formula is C24H33F2NO4. The van der Waals surface area contributed by atoms with Crippen molar-refractivity contribution in [3.63, 3.8) is 0 Å². The summed E-state index contributed by atoms with van der Waals surface area (Å²) in [6.45, 7) is 1.69. The number of rotatable bonds is 4. The summed E-state index contributed by atoms with van der Waals surface area (Å²) >= 11 is 0. The summed E-state index contributed by atoms with van der Waals surface area (Å²) < 4.78 is 33.3. The summed E-state index contributed by atoms with van der Waals surface area (Å²) in [5, 5.41) is 24.5. The summed E-state index contributed by atoms with van der Waals surface area (Å²) in [6.07, 6.45) is 1.01. The van der Waals surface area contributed by atoms with Gasteiger partial charge in [0.2, 0.25) is 11.8 Å². The van der Waals surface area contributed by atoms with Gasteiger partial charge in [-0.15, -0.1) is 0 Å². The highest BCUT2D eigenvalue weighted by atomic mass is 19.3. The Balaban J connectivity index is 1.51. The minimum atomic E-state index is -2.68. The molecule has 7 heteroatoms. The Labute approximate surface area is 182 Å². The number of aliphatic hydroxyl groups is 2. The van der Waals surface area contributed by atoms with E-state index in [4.69, 9.17) is 4.74 Å². The van der Waals surface area contributed by atoms with Gasteiger partial charge in [-0.25, -0.2) is 8.78 Å². The maximum absolute atomic E-state index is 13.5. The van der Waals surface area contributed by atoms with E-state index in [1.165, 1.54) is 0 Å². The zero-order valence-electron chi connectivity index (χ0n) is 18.0. The third-order valence-electron chi connectivity index (χ3n) is 7.61. The smallest absolute Gasteiger partial charge is 0.248 e. The highest BCUT2D eigenvalue weighted by molar-refractivity contribution is 5.79. The number of ether oxygens (including phenoxy) is 1. The molecule has 1 aromatic rings. The third kappa shape index (κ3) is 4.64. The van der Waals surface area contributed by atoms with Crippen LogP contribution in [-0.2, 0) is 9.53 Å². The molecule has 1 saturated carbocycles. The standard InChI is InChI=1S/C24H33F2NO4/c1-22-13-18(16-5-3-2-4-6-16)14-23(15-28,31-22)10-9-19(20(22)29)27-21(30)17-7-11-24(25,26)12-8-17/h2-6,17-20,28-29H,7-15H2,1H3,(H,27,30)/t18-,19-,20+,22+,23+/m1/s1. The number of hydrogen-bond acceptors (Lipinski definition) is 4. The molecule has 0 unspecified atom stereocenters. The minimum absolute atomic E-state index is 0.122. The Kier molecular flexibility index (Phi) is 6.14. The van der Waals surface area contributed by atoms with E-state index in [0.29, 0.717) is 25.7 Å². The number of fused-ring (bicyclic) bond motifs is 2. The molecule has 0 radical (unpaired) electrons. The number of nitrogens with one attached hydrogen (secondary N) is 1. The van der Waals surface area contributed by atoms with Crippen molar-refractivity contribution < 1.29 is 28.5 Å². The number of alkyl halides is 2. The lowest BCUT2D eigenvalue weighted by atomic mass is 9.74. The van der Waals surface area contributed by atoms with Gasteiger partial charge in [0.1, 0.15) is 6.10 Å². The van der Waals surface area contributed by atoms with Gasteiger partial charge in [-0.1, -0.05) is 30.3 Å². The van der Waals surface area contributed by atoms with Gasteiger partial charge in [-0.3, -0.25) is 4.79 Å². The number of amides is 1. The van der Waals surface area contributed by atoms with Gasteiger partial charge in [-0.05, 0) is 56.9 Å². The number of benzene rings is 1. The maximum Gasteiger partial charge on any atom is 0.248 e. The number of halogens is 2. The Morgan fingerprint density at radius 3 is 2.45 bits per heavy atom. The van der Waals surface area contributed by atoms with Gasteiger partial charge < -0.3 is 20.3 Å². The molecule has 0 spiro atoms. The van der Waals surface area contributed by atoms with Crippen LogP contribution < -0.4 is 5.32 Å². The number of hydrogen-bond donors (Lipinski definition) is 3. The number of carbonyl (C=O) groups excluding carboxylic acids is 1. The molecule has 4 rings (SSSR count). The fraction of sp³-hybridized carbons (Fsp3) is 0.708. The zero-order valence-corrected chi connectivity index (χ0v) is 18.0. The van der Waals surface area contributed by atoms with Crippen molar-refractivity contribution in [3.05, 3.63) is 35.9 Å². The number of carbonyl (C=O) groups is 1. The molecule has 0 aromatic heterocycles. The van der Waals surface area contributed by atoms with E-state index >= 15 is 0 Å². The average Bonchev–Trinajstić information content (AvgIpc) is 2.82. The second kappa shape index (κ2) is 8.41. The quantitative estimate of drug-likeness (QED) is 0.673. The van der Waals surface area contributed by atoms with Gasteiger partial charge in [0.25, 0.3) is 0 Å². The van der Waals surface area contributed by atoms with Crippen molar-refractivity contribution in [2.75, 3.05) is 6.61 Å². The molecule has 5 atom stereocenters. The van der Waals surface area contributed by atoms with Crippen LogP contribution in [0.3, 0.4) is 0 Å². The maximum atomic E-state index is 13.5. The van der Waals surface area contributed by atoms with Crippen LogP contribution in [0.1, 0.15) is 69.8 Å². The number of aliphatic hydroxyl groups excluding tert-OH is 2. The summed E-state index contributed by atoms with van der Waals surface area (Å²) in [6, 6.07) is 9.50. The predicted octanol–water partition coefficient (Wildman–Crippen LogP) is 3.54. The highest BCUT2D eigenvalue weighted by Crippen LogP contribution is 2.49. The zero-order chi connectivity index (χ0) is 22.3. The Morgan fingerprint density at radius 1 is 1.13 bits per heavy atom. The van der Waals surface area contributed by atoms with E-state index in [1.807, 2.05) is 25.1 Å². The van der Waals surface area contributed by atoms with E-state index < -0.39 is 35.2 Å². The van der Waals surface area contributed by atoms with Crippen molar-refractivity contribution in [3.8, 4) is 0 Å². The van der Waals surface area contributed by atoms with Crippen LogP contribution in [0.4, 0.5) is 8.78 Å². The second-order valence-corrected chi connectivity index (χ2v) is 10.0. The first-order valence-corrected chi connectivity index (χ1v) is 11.4. The molecule has 1 aromatic carbocycles. The average molecular weight is 438 g/mol. The summed E-state index contributed by atoms with van der Waals surface area (Å²) in [4.78, 5) is 12.8. The molecule has 1 amide bonds. The largest absolute Gasteiger partial charge is 0.393 e. The molecule has 2 aliphatic heterocycles. The first-order valence-electron chi connectivity index (χ1n) is 11.4. The van der Waals surface area contributed by atoms with Crippen LogP contribution in [0.5, 0.6) is 0 Å². The lowest BCUT2D eigenvalue weighted by molar-refractivity contribution is -0.230. The lowest BCUT2D eigenvalue weighted by Gasteiger charge is -2.49. The van der Waals surface area contributed by atoms with Crippen LogP contribution in [-0.4, -0.2) is 52.0 Å². The normalized spacial score (nSPS) is 38.3. The van der Waals surface area contributed by atoms with Crippen molar-refractivity contribution >= 4 is 5.91 Å². The summed E-state index contributed by atoms with van der Waals surface area (Å²) in [5.74, 6) is -3.28. The van der Waals surface area contributed by atoms with Crippen molar-refractivity contribution in [1.29, 1.82) is 0 Å². The van der Waals surface area contributed by atoms with Crippen molar-refractivity contribution in [1.82, 2.24) is 5.32 Å². The van der Waals surface area contributed by atoms with Crippen molar-refractivity contribution in [2.24, 2.45) is 5.92 Å². The molecule has 172 valence electrons. The molecule has 3 aliphatic rings. The third-order valence-corrected chi connectivity index (χ3v) is 7.61. The van der Waals surface area contributed by atoms with E-state index in [1.54, 1.807) is 0 Å². The first kappa shape index (κ1) is 22.6. The molecule has 31 heavy (non-hydrogen) atoms. The molecule has 1 aliphatic carbocycles. The second-order valence-electron chi connectivity index (χ2n) is 10.0. The van der Waals surface area contributed by atoms with Crippen LogP contribution in [0.15, 0.2) is 30.3 Å². The summed E-state index contributed by atoms with van der Waals surface area (Å²) in [5.41, 5.74) is -0.566. The van der Waals surface area contributed by atoms with E-state index in [-0.39, 0.29) is 44.1 Å². The molecule has 3 fully saturated rings. The minimum Gasteiger partial charge on any atom is -0.393 e. The first-order chi connectivity index (χ1) is 14.7. The fourth-order valence-corrected chi connectivity index (χ4v) is 5.82. The molecule has 2 saturated heterocycles. The Morgan fingerprint density at radius 2 is 1.81 bits per heavy atom. The molecule has 2 heterocycles. The van der Waals surface area contributed by atoms with Gasteiger partial charge in [-0.2, -0.15) is 0 Å². The van der Waals surface area contributed by atoms with Crippen molar-refractivity contribution in [2.45, 2.75) is 93.5 Å². The van der Waals surface area contributed by atoms with E-state index in [0.717, 1.165) is 5.56 Å². The lowest BCUT2D eigenvalue weighted by Crippen LogP contribution is -2.59. The topological polar surface area (TPSA) is 78.8 Å². The van der Waals surface area contributed by atoms with Crippen LogP contribution in [0.25, 0.3) is 0 Å². The predicted molar refractivity (Wildman–Crippen MR) is 112 cm³/mol. The van der Waals surface area contributed by atoms with Crippen LogP contribution in [0.2, 0.25) is 0 Å². The Bertz CT molecular complexity index is 781. The van der Waals surface area contributed by atoms with Gasteiger partial charge in [0.15, 0.2) is 0 Å². The van der Waals surface area contributed by atoms with Gasteiger partial charge in [0.05, 0.1) is 23.9 Å². The van der Waals surface area contributed by atoms with Crippen LogP contribution >= 0.6 is 0 Å². The van der Waals surface area contributed by atoms with Crippen LogP contribution in [0, 0.1) is 5.92 Å². The van der Waals surface area contributed by atoms with E-state index in [9.17, 15) is 23.8 Å². The van der Waals surface area contributed by atoms with E-state index in [2.05, 4.69) is 17.4 Å². The van der Waals surface area contributed by atoms with Gasteiger partial charge in [0, 0.05) is 18.8 Å². The SMILES string of the molecule is C[C@]12C[C@@H](c3ccccc3)C[C@](CO)(CC[C@@H](NC(=O)C3CCC(F)(F)CC3)[C@@H]1O)O2. The Hall–Kier alpha value is -1.57. The van der Waals surface area contributed by atoms with Gasteiger partial charge >= 0.3 is 0 Å². The molecular weight excluding hydrogens is 404 g/mol. The monoisotopic (exact) mass is 437 g/mol. The highest BCUT2D eigenvalue weighted by Gasteiger charge is 2.55. The fourth-order valence-electron chi connectivity index (χ4n) is 5.82. The summed E-state index contributed by atoms with van der Waals surface area (Å²) in [7, 11) is 0. The molecule has 5 nitrogen and oxygen atoms in total. The molecule has 3 N–H and O–H groups in total.